The lowest BCUT2D eigenvalue weighted by Crippen LogP contribution is -2.13. The molecule has 5 heteroatoms. The highest BCUT2D eigenvalue weighted by Gasteiger charge is 2.18. The zero-order valence-corrected chi connectivity index (χ0v) is 12.6. The SMILES string of the molecule is O=c1oc2[nH]c3ccccc3c(=O)c2c(O)c1Cc1ccccc1. The van der Waals surface area contributed by atoms with Crippen LogP contribution in [-0.2, 0) is 6.42 Å². The third-order valence-corrected chi connectivity index (χ3v) is 4.06. The Hall–Kier alpha value is -3.34. The number of aromatic hydroxyl groups is 1. The van der Waals surface area contributed by atoms with E-state index in [4.69, 9.17) is 4.42 Å². The van der Waals surface area contributed by atoms with Crippen LogP contribution in [0.4, 0.5) is 0 Å². The normalized spacial score (nSPS) is 11.2. The van der Waals surface area contributed by atoms with Gasteiger partial charge < -0.3 is 14.5 Å². The highest BCUT2D eigenvalue weighted by Crippen LogP contribution is 2.26. The Kier molecular flexibility index (Phi) is 3.20. The van der Waals surface area contributed by atoms with Gasteiger partial charge in [-0.05, 0) is 17.7 Å². The Balaban J connectivity index is 2.03. The number of nitrogens with one attached hydrogen (secondary N) is 1. The third-order valence-electron chi connectivity index (χ3n) is 4.06. The fourth-order valence-electron chi connectivity index (χ4n) is 2.86. The largest absolute Gasteiger partial charge is 0.506 e. The number of para-hydroxylation sites is 1. The fraction of sp³-hybridized carbons (Fsp3) is 0.0526. The zero-order chi connectivity index (χ0) is 16.7. The molecule has 2 aromatic heterocycles. The van der Waals surface area contributed by atoms with Gasteiger partial charge in [0, 0.05) is 11.8 Å². The smallest absolute Gasteiger partial charge is 0.344 e. The standard InChI is InChI=1S/C19H13NO4/c21-16-12-8-4-5-9-14(12)20-18-15(16)17(22)13(19(23)24-18)10-11-6-2-1-3-7-11/h1-9,22H,10H2,(H,20,21). The van der Waals surface area contributed by atoms with E-state index in [2.05, 4.69) is 4.98 Å². The molecule has 0 fully saturated rings. The molecular weight excluding hydrogens is 306 g/mol. The molecule has 0 aliphatic rings. The maximum absolute atomic E-state index is 12.7. The molecule has 0 aliphatic carbocycles. The van der Waals surface area contributed by atoms with Crippen molar-refractivity contribution in [1.29, 1.82) is 0 Å². The van der Waals surface area contributed by atoms with Crippen molar-refractivity contribution in [2.24, 2.45) is 0 Å². The van der Waals surface area contributed by atoms with Gasteiger partial charge in [0.05, 0.1) is 11.1 Å². The van der Waals surface area contributed by atoms with Gasteiger partial charge in [0.25, 0.3) is 0 Å². The van der Waals surface area contributed by atoms with Crippen LogP contribution in [0.5, 0.6) is 5.75 Å². The molecule has 0 unspecified atom stereocenters. The van der Waals surface area contributed by atoms with E-state index in [1.807, 2.05) is 30.3 Å². The summed E-state index contributed by atoms with van der Waals surface area (Å²) < 4.78 is 5.26. The van der Waals surface area contributed by atoms with Gasteiger partial charge in [0.15, 0.2) is 0 Å². The molecule has 5 nitrogen and oxygen atoms in total. The fourth-order valence-corrected chi connectivity index (χ4v) is 2.86. The van der Waals surface area contributed by atoms with Crippen LogP contribution in [0.1, 0.15) is 11.1 Å². The van der Waals surface area contributed by atoms with Gasteiger partial charge in [-0.25, -0.2) is 4.79 Å². The minimum atomic E-state index is -0.658. The van der Waals surface area contributed by atoms with E-state index in [1.165, 1.54) is 0 Å². The monoisotopic (exact) mass is 319 g/mol. The first-order chi connectivity index (χ1) is 11.6. The Morgan fingerprint density at radius 3 is 2.46 bits per heavy atom. The van der Waals surface area contributed by atoms with Crippen molar-refractivity contribution in [1.82, 2.24) is 4.98 Å². The summed E-state index contributed by atoms with van der Waals surface area (Å²) in [4.78, 5) is 27.8. The Morgan fingerprint density at radius 1 is 0.958 bits per heavy atom. The van der Waals surface area contributed by atoms with Crippen molar-refractivity contribution in [2.75, 3.05) is 0 Å². The molecule has 0 amide bonds. The molecule has 0 atom stereocenters. The molecule has 2 aromatic carbocycles. The number of hydrogen-bond donors (Lipinski definition) is 2. The lowest BCUT2D eigenvalue weighted by molar-refractivity contribution is 0.456. The number of aromatic amines is 1. The highest BCUT2D eigenvalue weighted by molar-refractivity contribution is 5.93. The topological polar surface area (TPSA) is 83.3 Å². The van der Waals surface area contributed by atoms with E-state index in [0.29, 0.717) is 10.9 Å². The van der Waals surface area contributed by atoms with Crippen molar-refractivity contribution < 1.29 is 9.52 Å². The predicted molar refractivity (Wildman–Crippen MR) is 91.5 cm³/mol. The highest BCUT2D eigenvalue weighted by atomic mass is 16.4. The van der Waals surface area contributed by atoms with Crippen LogP contribution in [0, 0.1) is 0 Å². The van der Waals surface area contributed by atoms with Crippen LogP contribution < -0.4 is 11.1 Å². The van der Waals surface area contributed by atoms with Crippen LogP contribution >= 0.6 is 0 Å². The molecule has 118 valence electrons. The van der Waals surface area contributed by atoms with Gasteiger partial charge in [-0.1, -0.05) is 42.5 Å². The van der Waals surface area contributed by atoms with Crippen molar-refractivity contribution in [3.8, 4) is 5.75 Å². The summed E-state index contributed by atoms with van der Waals surface area (Å²) in [7, 11) is 0. The Morgan fingerprint density at radius 2 is 1.67 bits per heavy atom. The summed E-state index contributed by atoms with van der Waals surface area (Å²) in [5, 5.41) is 11.0. The van der Waals surface area contributed by atoms with E-state index >= 15 is 0 Å². The van der Waals surface area contributed by atoms with Crippen molar-refractivity contribution in [3.63, 3.8) is 0 Å². The summed E-state index contributed by atoms with van der Waals surface area (Å²) in [6, 6.07) is 16.1. The van der Waals surface area contributed by atoms with E-state index < -0.39 is 5.63 Å². The number of rotatable bonds is 2. The molecule has 0 spiro atoms. The Bertz CT molecular complexity index is 1170. The first kappa shape index (κ1) is 14.3. The molecule has 24 heavy (non-hydrogen) atoms. The average molecular weight is 319 g/mol. The summed E-state index contributed by atoms with van der Waals surface area (Å²) in [6.45, 7) is 0. The van der Waals surface area contributed by atoms with Crippen LogP contribution in [0.2, 0.25) is 0 Å². The number of benzene rings is 2. The molecule has 0 radical (unpaired) electrons. The molecule has 4 aromatic rings. The van der Waals surface area contributed by atoms with Crippen molar-refractivity contribution in [3.05, 3.63) is 86.4 Å². The second-order valence-electron chi connectivity index (χ2n) is 5.58. The van der Waals surface area contributed by atoms with Gasteiger partial charge in [0.2, 0.25) is 11.1 Å². The van der Waals surface area contributed by atoms with E-state index in [0.717, 1.165) is 5.56 Å². The lowest BCUT2D eigenvalue weighted by Gasteiger charge is -2.07. The first-order valence-corrected chi connectivity index (χ1v) is 7.49. The summed E-state index contributed by atoms with van der Waals surface area (Å²) in [6.07, 6.45) is 0.192. The first-order valence-electron chi connectivity index (χ1n) is 7.49. The molecule has 0 saturated carbocycles. The summed E-state index contributed by atoms with van der Waals surface area (Å²) in [5.74, 6) is -0.322. The Labute approximate surface area is 135 Å². The van der Waals surface area contributed by atoms with Gasteiger partial charge >= 0.3 is 5.63 Å². The second-order valence-corrected chi connectivity index (χ2v) is 5.58. The summed E-state index contributed by atoms with van der Waals surface area (Å²) >= 11 is 0. The van der Waals surface area contributed by atoms with Crippen molar-refractivity contribution in [2.45, 2.75) is 6.42 Å². The molecule has 0 bridgehead atoms. The molecule has 2 N–H and O–H groups in total. The minimum Gasteiger partial charge on any atom is -0.506 e. The average Bonchev–Trinajstić information content (AvgIpc) is 2.59. The van der Waals surface area contributed by atoms with Gasteiger partial charge in [-0.3, -0.25) is 4.79 Å². The number of pyridine rings is 1. The van der Waals surface area contributed by atoms with Gasteiger partial charge in [-0.2, -0.15) is 0 Å². The number of H-pyrrole nitrogens is 1. The molecule has 2 heterocycles. The van der Waals surface area contributed by atoms with E-state index in [9.17, 15) is 14.7 Å². The third kappa shape index (κ3) is 2.18. The quantitative estimate of drug-likeness (QED) is 0.556. The van der Waals surface area contributed by atoms with Crippen molar-refractivity contribution >= 4 is 22.0 Å². The zero-order valence-electron chi connectivity index (χ0n) is 12.6. The maximum Gasteiger partial charge on any atom is 0.344 e. The molecule has 4 rings (SSSR count). The predicted octanol–water partition coefficient (Wildman–Crippen LogP) is 2.93. The maximum atomic E-state index is 12.7. The second kappa shape index (κ2) is 5.38. The van der Waals surface area contributed by atoms with Crippen LogP contribution in [-0.4, -0.2) is 10.1 Å². The molecule has 0 saturated heterocycles. The summed E-state index contributed by atoms with van der Waals surface area (Å²) in [5.41, 5.74) is 0.433. The number of hydrogen-bond acceptors (Lipinski definition) is 4. The van der Waals surface area contributed by atoms with Crippen LogP contribution in [0.25, 0.3) is 22.0 Å². The number of fused-ring (bicyclic) bond motifs is 2. The van der Waals surface area contributed by atoms with E-state index in [1.54, 1.807) is 24.3 Å². The van der Waals surface area contributed by atoms with Gasteiger partial charge in [-0.15, -0.1) is 0 Å². The van der Waals surface area contributed by atoms with Crippen LogP contribution in [0.15, 0.2) is 68.6 Å². The van der Waals surface area contributed by atoms with Gasteiger partial charge in [0.1, 0.15) is 11.1 Å². The minimum absolute atomic E-state index is 0.000712. The molecule has 0 aliphatic heterocycles. The van der Waals surface area contributed by atoms with Crippen LogP contribution in [0.3, 0.4) is 0 Å². The van der Waals surface area contributed by atoms with E-state index in [-0.39, 0.29) is 34.3 Å². The molecular formula is C19H13NO4. The number of aromatic nitrogens is 1. The lowest BCUT2D eigenvalue weighted by atomic mass is 10.0.